The van der Waals surface area contributed by atoms with Gasteiger partial charge < -0.3 is 15.2 Å². The lowest BCUT2D eigenvalue weighted by Gasteiger charge is -2.09. The predicted octanol–water partition coefficient (Wildman–Crippen LogP) is 6.85. The lowest BCUT2D eigenvalue weighted by molar-refractivity contribution is -0.113. The molecule has 7 nitrogen and oxygen atoms in total. The Kier molecular flexibility index (Phi) is 8.32. The summed E-state index contributed by atoms with van der Waals surface area (Å²) >= 11 is 6.04. The van der Waals surface area contributed by atoms with Gasteiger partial charge in [-0.3, -0.25) is 4.79 Å². The third kappa shape index (κ3) is 6.63. The number of nitrogens with one attached hydrogen (secondary N) is 1. The van der Waals surface area contributed by atoms with E-state index in [2.05, 4.69) is 22.1 Å². The zero-order chi connectivity index (χ0) is 24.5. The summed E-state index contributed by atoms with van der Waals surface area (Å²) in [6.07, 6.45) is 1.71. The molecule has 0 aliphatic carbocycles. The van der Waals surface area contributed by atoms with E-state index in [1.54, 1.807) is 48.5 Å². The van der Waals surface area contributed by atoms with Crippen molar-refractivity contribution in [3.63, 3.8) is 0 Å². The number of carbonyl (C=O) groups is 2. The van der Waals surface area contributed by atoms with Gasteiger partial charge in [0.25, 0.3) is 5.91 Å². The van der Waals surface area contributed by atoms with E-state index < -0.39 is 11.9 Å². The molecule has 0 atom stereocenters. The zero-order valence-corrected chi connectivity index (χ0v) is 19.1. The Balaban J connectivity index is 1.68. The molecule has 3 aromatic carbocycles. The molecule has 3 aromatic rings. The highest BCUT2D eigenvalue weighted by Crippen LogP contribution is 2.25. The van der Waals surface area contributed by atoms with Crippen molar-refractivity contribution >= 4 is 40.9 Å². The number of amides is 1. The van der Waals surface area contributed by atoms with Gasteiger partial charge in [-0.05, 0) is 54.4 Å². The van der Waals surface area contributed by atoms with Crippen LogP contribution in [0.4, 0.5) is 11.4 Å². The molecule has 3 rings (SSSR count). The minimum atomic E-state index is -0.706. The van der Waals surface area contributed by atoms with Crippen molar-refractivity contribution in [2.45, 2.75) is 13.5 Å². The molecule has 0 heterocycles. The van der Waals surface area contributed by atoms with E-state index in [1.165, 1.54) is 13.0 Å². The molecule has 0 saturated carbocycles. The fraction of sp³-hybridized carbons (Fsp3) is 0.0769. The molecule has 0 aliphatic rings. The molecule has 0 radical (unpaired) electrons. The van der Waals surface area contributed by atoms with Crippen LogP contribution in [0.5, 0.6) is 0 Å². The summed E-state index contributed by atoms with van der Waals surface area (Å²) in [5, 5.41) is 20.6. The highest BCUT2D eigenvalue weighted by molar-refractivity contribution is 6.32. The minimum absolute atomic E-state index is 0.0934. The monoisotopic (exact) mass is 475 g/mol. The molecule has 0 aromatic heterocycles. The van der Waals surface area contributed by atoms with Crippen LogP contribution in [0.2, 0.25) is 5.02 Å². The van der Waals surface area contributed by atoms with Crippen LogP contribution < -0.4 is 5.32 Å². The van der Waals surface area contributed by atoms with Crippen molar-refractivity contribution in [2.24, 2.45) is 10.2 Å². The Morgan fingerprint density at radius 2 is 1.85 bits per heavy atom. The number of benzene rings is 3. The van der Waals surface area contributed by atoms with Crippen LogP contribution in [-0.2, 0) is 16.1 Å². The van der Waals surface area contributed by atoms with Crippen molar-refractivity contribution in [1.29, 1.82) is 0 Å². The topological polar surface area (TPSA) is 100 Å². The Morgan fingerprint density at radius 3 is 2.59 bits per heavy atom. The van der Waals surface area contributed by atoms with Crippen molar-refractivity contribution in [2.75, 3.05) is 5.32 Å². The van der Waals surface area contributed by atoms with Crippen molar-refractivity contribution in [1.82, 2.24) is 0 Å². The molecule has 2 N–H and O–H groups in total. The number of allylic oxidation sites excluding steroid dienone is 1. The summed E-state index contributed by atoms with van der Waals surface area (Å²) in [6.45, 7) is 5.13. The Bertz CT molecular complexity index is 1280. The number of aliphatic hydroxyl groups is 1. The Labute approximate surface area is 202 Å². The Hall–Kier alpha value is -4.23. The quantitative estimate of drug-likeness (QED) is 0.161. The summed E-state index contributed by atoms with van der Waals surface area (Å²) in [5.74, 6) is -1.58. The normalized spacial score (nSPS) is 11.6. The fourth-order valence-electron chi connectivity index (χ4n) is 2.88. The molecular weight excluding hydrogens is 454 g/mol. The first-order valence-electron chi connectivity index (χ1n) is 10.2. The van der Waals surface area contributed by atoms with E-state index in [-0.39, 0.29) is 23.6 Å². The van der Waals surface area contributed by atoms with Crippen LogP contribution in [0.25, 0.3) is 6.08 Å². The van der Waals surface area contributed by atoms with Crippen LogP contribution in [-0.4, -0.2) is 17.0 Å². The number of esters is 1. The Morgan fingerprint density at radius 1 is 1.09 bits per heavy atom. The molecule has 0 saturated heterocycles. The summed E-state index contributed by atoms with van der Waals surface area (Å²) in [5.41, 5.74) is 2.37. The van der Waals surface area contributed by atoms with Crippen molar-refractivity contribution < 1.29 is 19.4 Å². The number of hydrogen-bond donors (Lipinski definition) is 2. The summed E-state index contributed by atoms with van der Waals surface area (Å²) < 4.78 is 5.38. The maximum absolute atomic E-state index is 12.7. The van der Waals surface area contributed by atoms with Gasteiger partial charge in [0.2, 0.25) is 0 Å². The molecule has 172 valence electrons. The SMILES string of the molecule is C=Cc1cccc(COC(=O)c2cccc(NC(=O)/C(N=Nc3ccccc3Cl)=C(/C)O)c2)c1. The van der Waals surface area contributed by atoms with Gasteiger partial charge in [0, 0.05) is 5.69 Å². The number of rotatable bonds is 8. The maximum atomic E-state index is 12.7. The van der Waals surface area contributed by atoms with Gasteiger partial charge in [-0.25, -0.2) is 4.79 Å². The minimum Gasteiger partial charge on any atom is -0.510 e. The molecule has 0 aliphatic heterocycles. The molecule has 0 spiro atoms. The number of aliphatic hydroxyl groups excluding tert-OH is 1. The predicted molar refractivity (Wildman–Crippen MR) is 132 cm³/mol. The third-order valence-electron chi connectivity index (χ3n) is 4.58. The van der Waals surface area contributed by atoms with Gasteiger partial charge >= 0.3 is 5.97 Å². The van der Waals surface area contributed by atoms with Gasteiger partial charge in [0.05, 0.1) is 10.6 Å². The van der Waals surface area contributed by atoms with Gasteiger partial charge in [0.15, 0.2) is 5.70 Å². The maximum Gasteiger partial charge on any atom is 0.338 e. The molecule has 34 heavy (non-hydrogen) atoms. The van der Waals surface area contributed by atoms with Gasteiger partial charge in [-0.2, -0.15) is 0 Å². The van der Waals surface area contributed by atoms with Crippen LogP contribution in [0.1, 0.15) is 28.4 Å². The van der Waals surface area contributed by atoms with E-state index in [0.717, 1.165) is 11.1 Å². The first-order valence-corrected chi connectivity index (χ1v) is 10.6. The summed E-state index contributed by atoms with van der Waals surface area (Å²) in [7, 11) is 0. The molecule has 0 unspecified atom stereocenters. The van der Waals surface area contributed by atoms with E-state index in [0.29, 0.717) is 16.4 Å². The highest BCUT2D eigenvalue weighted by atomic mass is 35.5. The number of carbonyl (C=O) groups excluding carboxylic acids is 2. The number of ether oxygens (including phenoxy) is 1. The van der Waals surface area contributed by atoms with E-state index >= 15 is 0 Å². The number of nitrogens with zero attached hydrogens (tertiary/aromatic N) is 2. The third-order valence-corrected chi connectivity index (χ3v) is 4.90. The van der Waals surface area contributed by atoms with Crippen LogP contribution in [0.3, 0.4) is 0 Å². The average Bonchev–Trinajstić information content (AvgIpc) is 2.83. The first kappa shape index (κ1) is 24.4. The van der Waals surface area contributed by atoms with Gasteiger partial charge in [0.1, 0.15) is 18.1 Å². The van der Waals surface area contributed by atoms with Gasteiger partial charge in [-0.1, -0.05) is 60.7 Å². The van der Waals surface area contributed by atoms with Crippen molar-refractivity contribution in [3.8, 4) is 0 Å². The number of azo groups is 1. The molecule has 1 amide bonds. The second-order valence-electron chi connectivity index (χ2n) is 7.15. The zero-order valence-electron chi connectivity index (χ0n) is 18.4. The molecule has 0 fully saturated rings. The average molecular weight is 476 g/mol. The standard InChI is InChI=1S/C26H22ClN3O4/c1-3-18-8-6-9-19(14-18)16-34-26(33)20-10-7-11-21(15-20)28-25(32)24(17(2)31)30-29-23-13-5-4-12-22(23)27/h3-15,31H,1,16H2,2H3,(H,28,32)/b24-17+,30-29?. The summed E-state index contributed by atoms with van der Waals surface area (Å²) in [6, 6.07) is 20.4. The van der Waals surface area contributed by atoms with E-state index in [4.69, 9.17) is 16.3 Å². The van der Waals surface area contributed by atoms with Crippen molar-refractivity contribution in [3.05, 3.63) is 113 Å². The highest BCUT2D eigenvalue weighted by Gasteiger charge is 2.15. The van der Waals surface area contributed by atoms with E-state index in [9.17, 15) is 14.7 Å². The number of hydrogen-bond acceptors (Lipinski definition) is 6. The lowest BCUT2D eigenvalue weighted by Crippen LogP contribution is -2.15. The first-order chi connectivity index (χ1) is 16.4. The van der Waals surface area contributed by atoms with Gasteiger partial charge in [-0.15, -0.1) is 10.2 Å². The number of halogens is 1. The van der Waals surface area contributed by atoms with E-state index in [1.807, 2.05) is 24.3 Å². The van der Waals surface area contributed by atoms with Crippen LogP contribution in [0, 0.1) is 0 Å². The summed E-state index contributed by atoms with van der Waals surface area (Å²) in [4.78, 5) is 25.2. The van der Waals surface area contributed by atoms with Crippen LogP contribution >= 0.6 is 11.6 Å². The fourth-order valence-corrected chi connectivity index (χ4v) is 3.05. The molecule has 8 heteroatoms. The van der Waals surface area contributed by atoms with Crippen LogP contribution in [0.15, 0.2) is 101 Å². The second kappa shape index (κ2) is 11.6. The second-order valence-corrected chi connectivity index (χ2v) is 7.55. The molecular formula is C26H22ClN3O4. The largest absolute Gasteiger partial charge is 0.510 e. The number of anilines is 1. The smallest absolute Gasteiger partial charge is 0.338 e. The lowest BCUT2D eigenvalue weighted by atomic mass is 10.1. The molecule has 0 bridgehead atoms.